The number of nitrogens with zero attached hydrogens (tertiary/aromatic N) is 6. The monoisotopic (exact) mass is 395 g/mol. The zero-order valence-corrected chi connectivity index (χ0v) is 15.2. The zero-order valence-electron chi connectivity index (χ0n) is 15.2. The second kappa shape index (κ2) is 6.99. The number of ether oxygens (including phenoxy) is 1. The molecular formula is C17H13N7O5. The lowest BCUT2D eigenvalue weighted by Crippen LogP contribution is -2.22. The first-order chi connectivity index (χ1) is 14.0. The third kappa shape index (κ3) is 3.22. The number of aromatic nitrogens is 4. The first kappa shape index (κ1) is 18.0. The molecule has 1 N–H and O–H groups in total. The highest BCUT2D eigenvalue weighted by molar-refractivity contribution is 6.31. The van der Waals surface area contributed by atoms with Gasteiger partial charge < -0.3 is 9.15 Å². The topological polar surface area (TPSA) is 153 Å². The van der Waals surface area contributed by atoms with Crippen molar-refractivity contribution in [1.29, 1.82) is 0 Å². The zero-order chi connectivity index (χ0) is 20.5. The molecule has 3 heterocycles. The quantitative estimate of drug-likeness (QED) is 0.392. The van der Waals surface area contributed by atoms with Gasteiger partial charge in [-0.1, -0.05) is 5.10 Å². The van der Waals surface area contributed by atoms with Crippen molar-refractivity contribution in [2.24, 2.45) is 5.10 Å². The minimum Gasteiger partial charge on any atom is -0.496 e. The number of carbonyl (C=O) groups is 1. The van der Waals surface area contributed by atoms with Gasteiger partial charge >= 0.3 is 0 Å². The first-order valence-corrected chi connectivity index (χ1v) is 8.25. The third-order valence-electron chi connectivity index (χ3n) is 4.16. The number of benzene rings is 1. The van der Waals surface area contributed by atoms with Crippen LogP contribution in [0, 0.1) is 10.1 Å². The molecule has 0 radical (unpaired) electrons. The SMILES string of the molecule is COc1cc([N+](=O)[O-])ccc1-c1ccc(C=C2C(=O)N(c3nn[nH]n3)N=C2C)o1. The number of nitro groups is 1. The number of hydrazone groups is 1. The van der Waals surface area contributed by atoms with Crippen molar-refractivity contribution >= 4 is 29.3 Å². The molecule has 29 heavy (non-hydrogen) atoms. The molecule has 3 aromatic rings. The third-order valence-corrected chi connectivity index (χ3v) is 4.16. The van der Waals surface area contributed by atoms with Gasteiger partial charge in [0.05, 0.1) is 34.9 Å². The number of carbonyl (C=O) groups excluding carboxylic acids is 1. The summed E-state index contributed by atoms with van der Waals surface area (Å²) in [5.74, 6) is 0.737. The Labute approximate surface area is 162 Å². The number of hydrogen-bond acceptors (Lipinski definition) is 9. The van der Waals surface area contributed by atoms with Crippen LogP contribution in [-0.4, -0.2) is 44.3 Å². The van der Waals surface area contributed by atoms with Crippen molar-refractivity contribution in [3.05, 3.63) is 51.8 Å². The number of aromatic amines is 1. The predicted octanol–water partition coefficient (Wildman–Crippen LogP) is 2.18. The Balaban J connectivity index is 1.64. The number of hydrogen-bond donors (Lipinski definition) is 1. The molecule has 1 aromatic carbocycles. The van der Waals surface area contributed by atoms with E-state index in [1.54, 1.807) is 25.1 Å². The Morgan fingerprint density at radius 3 is 2.83 bits per heavy atom. The van der Waals surface area contributed by atoms with Gasteiger partial charge in [0, 0.05) is 6.07 Å². The molecule has 146 valence electrons. The fourth-order valence-electron chi connectivity index (χ4n) is 2.78. The molecule has 1 aliphatic heterocycles. The molecule has 4 rings (SSSR count). The fraction of sp³-hybridized carbons (Fsp3) is 0.118. The van der Waals surface area contributed by atoms with Crippen molar-refractivity contribution < 1.29 is 18.9 Å². The van der Waals surface area contributed by atoms with Crippen molar-refractivity contribution in [3.63, 3.8) is 0 Å². The van der Waals surface area contributed by atoms with Gasteiger partial charge in [-0.15, -0.1) is 5.10 Å². The molecule has 0 fully saturated rings. The minimum atomic E-state index is -0.506. The Hall–Kier alpha value is -4.35. The average molecular weight is 395 g/mol. The van der Waals surface area contributed by atoms with Crippen LogP contribution in [0.15, 0.2) is 45.4 Å². The van der Waals surface area contributed by atoms with Gasteiger partial charge in [-0.05, 0) is 36.4 Å². The number of rotatable bonds is 5. The van der Waals surface area contributed by atoms with Crippen LogP contribution in [0.1, 0.15) is 12.7 Å². The Morgan fingerprint density at radius 2 is 2.14 bits per heavy atom. The van der Waals surface area contributed by atoms with Gasteiger partial charge in [0.25, 0.3) is 17.5 Å². The lowest BCUT2D eigenvalue weighted by atomic mass is 10.1. The highest BCUT2D eigenvalue weighted by atomic mass is 16.6. The number of methoxy groups -OCH3 is 1. The number of furan rings is 1. The Kier molecular flexibility index (Phi) is 4.35. The van der Waals surface area contributed by atoms with E-state index in [1.807, 2.05) is 0 Å². The van der Waals surface area contributed by atoms with Gasteiger partial charge in [0.2, 0.25) is 0 Å². The van der Waals surface area contributed by atoms with E-state index < -0.39 is 10.8 Å². The maximum absolute atomic E-state index is 12.6. The largest absolute Gasteiger partial charge is 0.496 e. The molecule has 12 heteroatoms. The second-order valence-electron chi connectivity index (χ2n) is 5.92. The summed E-state index contributed by atoms with van der Waals surface area (Å²) in [7, 11) is 1.41. The Bertz CT molecular complexity index is 1160. The van der Waals surface area contributed by atoms with Gasteiger partial charge in [-0.3, -0.25) is 14.9 Å². The number of non-ortho nitro benzene ring substituents is 1. The van der Waals surface area contributed by atoms with Gasteiger partial charge in [0.1, 0.15) is 17.3 Å². The van der Waals surface area contributed by atoms with Crippen LogP contribution in [0.25, 0.3) is 17.4 Å². The molecule has 0 atom stereocenters. The summed E-state index contributed by atoms with van der Waals surface area (Å²) in [5.41, 5.74) is 1.22. The smallest absolute Gasteiger partial charge is 0.293 e. The highest BCUT2D eigenvalue weighted by Crippen LogP contribution is 2.35. The van der Waals surface area contributed by atoms with Crippen LogP contribution in [0.4, 0.5) is 11.6 Å². The molecule has 1 amide bonds. The van der Waals surface area contributed by atoms with Gasteiger partial charge in [-0.2, -0.15) is 15.3 Å². The molecule has 0 bridgehead atoms. The maximum atomic E-state index is 12.6. The number of amides is 1. The standard InChI is InChI=1S/C17H13N7O5/c1-9-13(16(25)23(20-9)17-18-21-22-19-17)8-11-4-6-14(29-11)12-5-3-10(24(26)27)7-15(12)28-2/h3-8H,1-2H3,(H,18,19,21,22). The molecule has 0 saturated carbocycles. The van der Waals surface area contributed by atoms with E-state index in [-0.39, 0.29) is 11.6 Å². The lowest BCUT2D eigenvalue weighted by molar-refractivity contribution is -0.384. The van der Waals surface area contributed by atoms with E-state index in [0.717, 1.165) is 5.01 Å². The molecule has 0 aliphatic carbocycles. The molecule has 0 spiro atoms. The second-order valence-corrected chi connectivity index (χ2v) is 5.92. The van der Waals surface area contributed by atoms with Gasteiger partial charge in [0.15, 0.2) is 0 Å². The molecule has 2 aromatic heterocycles. The summed E-state index contributed by atoms with van der Waals surface area (Å²) in [6, 6.07) is 7.56. The number of nitrogens with one attached hydrogen (secondary N) is 1. The van der Waals surface area contributed by atoms with Crippen LogP contribution < -0.4 is 9.75 Å². The minimum absolute atomic E-state index is 0.0356. The number of tetrazole rings is 1. The van der Waals surface area contributed by atoms with E-state index >= 15 is 0 Å². The molecule has 12 nitrogen and oxygen atoms in total. The fourth-order valence-corrected chi connectivity index (χ4v) is 2.78. The number of H-pyrrole nitrogens is 1. The van der Waals surface area contributed by atoms with E-state index in [2.05, 4.69) is 25.7 Å². The molecular weight excluding hydrogens is 382 g/mol. The predicted molar refractivity (Wildman–Crippen MR) is 100 cm³/mol. The van der Waals surface area contributed by atoms with E-state index in [9.17, 15) is 14.9 Å². The van der Waals surface area contributed by atoms with E-state index in [0.29, 0.717) is 34.1 Å². The van der Waals surface area contributed by atoms with Crippen LogP contribution >= 0.6 is 0 Å². The van der Waals surface area contributed by atoms with E-state index in [1.165, 1.54) is 25.3 Å². The number of nitro benzene ring substituents is 1. The average Bonchev–Trinajstić information content (AvgIpc) is 3.45. The summed E-state index contributed by atoms with van der Waals surface area (Å²) in [6.07, 6.45) is 1.54. The lowest BCUT2D eigenvalue weighted by Gasteiger charge is -2.05. The summed E-state index contributed by atoms with van der Waals surface area (Å²) in [5, 5.41) is 29.3. The number of anilines is 1. The van der Waals surface area contributed by atoms with Crippen molar-refractivity contribution in [2.45, 2.75) is 6.92 Å². The van der Waals surface area contributed by atoms with Gasteiger partial charge in [-0.25, -0.2) is 0 Å². The Morgan fingerprint density at radius 1 is 1.31 bits per heavy atom. The summed E-state index contributed by atoms with van der Waals surface area (Å²) < 4.78 is 11.0. The van der Waals surface area contributed by atoms with Crippen molar-refractivity contribution in [3.8, 4) is 17.1 Å². The van der Waals surface area contributed by atoms with Crippen molar-refractivity contribution in [1.82, 2.24) is 20.6 Å². The maximum Gasteiger partial charge on any atom is 0.293 e. The molecule has 0 saturated heterocycles. The summed E-state index contributed by atoms with van der Waals surface area (Å²) in [6.45, 7) is 1.67. The highest BCUT2D eigenvalue weighted by Gasteiger charge is 2.31. The van der Waals surface area contributed by atoms with Crippen LogP contribution in [0.3, 0.4) is 0 Å². The summed E-state index contributed by atoms with van der Waals surface area (Å²) >= 11 is 0. The normalized spacial score (nSPS) is 15.1. The van der Waals surface area contributed by atoms with Crippen LogP contribution in [0.2, 0.25) is 0 Å². The van der Waals surface area contributed by atoms with Crippen molar-refractivity contribution in [2.75, 3.05) is 12.1 Å². The van der Waals surface area contributed by atoms with E-state index in [4.69, 9.17) is 9.15 Å². The summed E-state index contributed by atoms with van der Waals surface area (Å²) in [4.78, 5) is 23.0. The molecule has 0 unspecified atom stereocenters. The first-order valence-electron chi connectivity index (χ1n) is 8.25. The van der Waals surface area contributed by atoms with Crippen LogP contribution in [0.5, 0.6) is 5.75 Å². The van der Waals surface area contributed by atoms with Crippen LogP contribution in [-0.2, 0) is 4.79 Å². The molecule has 1 aliphatic rings.